The van der Waals surface area contributed by atoms with Gasteiger partial charge >= 0.3 is 5.97 Å². The highest BCUT2D eigenvalue weighted by Crippen LogP contribution is 2.24. The summed E-state index contributed by atoms with van der Waals surface area (Å²) in [6, 6.07) is 0. The van der Waals surface area contributed by atoms with Crippen LogP contribution in [0.15, 0.2) is 0 Å². The van der Waals surface area contributed by atoms with Crippen molar-refractivity contribution in [3.8, 4) is 0 Å². The second-order valence-electron chi connectivity index (χ2n) is 4.45. The Labute approximate surface area is 91.8 Å². The molecule has 0 aromatic heterocycles. The molecule has 0 heterocycles. The number of hydrogen-bond donors (Lipinski definition) is 1. The van der Waals surface area contributed by atoms with Gasteiger partial charge in [0.05, 0.1) is 0 Å². The molecular weight excluding hydrogens is 192 g/mol. The molecule has 1 saturated carbocycles. The minimum absolute atomic E-state index is 0.146. The van der Waals surface area contributed by atoms with Gasteiger partial charge in [-0.2, -0.15) is 0 Å². The van der Waals surface area contributed by atoms with Crippen molar-refractivity contribution in [2.75, 3.05) is 13.2 Å². The summed E-state index contributed by atoms with van der Waals surface area (Å²) in [4.78, 5) is 10.2. The zero-order chi connectivity index (χ0) is 10.9. The molecule has 0 aromatic carbocycles. The summed E-state index contributed by atoms with van der Waals surface area (Å²) in [6.45, 7) is 0.462. The quantitative estimate of drug-likeness (QED) is 0.716. The van der Waals surface area contributed by atoms with Gasteiger partial charge in [-0.05, 0) is 12.3 Å². The molecule has 1 fully saturated rings. The van der Waals surface area contributed by atoms with Crippen LogP contribution in [0, 0.1) is 5.92 Å². The number of hydrogen-bond acceptors (Lipinski definition) is 2. The lowest BCUT2D eigenvalue weighted by Crippen LogP contribution is -2.11. The van der Waals surface area contributed by atoms with E-state index in [0.29, 0.717) is 6.61 Å². The first-order chi connectivity index (χ1) is 7.29. The molecule has 1 rings (SSSR count). The Morgan fingerprint density at radius 3 is 2.33 bits per heavy atom. The van der Waals surface area contributed by atoms with Gasteiger partial charge in [-0.15, -0.1) is 0 Å². The predicted molar refractivity (Wildman–Crippen MR) is 58.9 cm³/mol. The van der Waals surface area contributed by atoms with Gasteiger partial charge in [0.1, 0.15) is 6.61 Å². The number of carbonyl (C=O) groups is 1. The average Bonchev–Trinajstić information content (AvgIpc) is 2.14. The molecule has 0 amide bonds. The lowest BCUT2D eigenvalue weighted by molar-refractivity contribution is -0.142. The summed E-state index contributed by atoms with van der Waals surface area (Å²) in [5.41, 5.74) is 0. The van der Waals surface area contributed by atoms with Crippen molar-refractivity contribution in [2.45, 2.75) is 51.4 Å². The van der Waals surface area contributed by atoms with E-state index in [1.54, 1.807) is 0 Å². The fourth-order valence-corrected chi connectivity index (χ4v) is 2.24. The number of aliphatic carboxylic acids is 1. The van der Waals surface area contributed by atoms with E-state index in [1.807, 2.05) is 0 Å². The molecule has 0 spiro atoms. The maximum absolute atomic E-state index is 10.2. The molecule has 1 N–H and O–H groups in total. The second-order valence-corrected chi connectivity index (χ2v) is 4.45. The van der Waals surface area contributed by atoms with Crippen molar-refractivity contribution >= 4 is 5.97 Å². The van der Waals surface area contributed by atoms with E-state index in [-0.39, 0.29) is 6.61 Å². The van der Waals surface area contributed by atoms with Gasteiger partial charge in [0.25, 0.3) is 0 Å². The summed E-state index contributed by atoms with van der Waals surface area (Å²) in [7, 11) is 0. The molecular formula is C12H22O3. The van der Waals surface area contributed by atoms with E-state index < -0.39 is 5.97 Å². The fourth-order valence-electron chi connectivity index (χ4n) is 2.24. The van der Waals surface area contributed by atoms with Gasteiger partial charge in [-0.25, -0.2) is 4.79 Å². The summed E-state index contributed by atoms with van der Waals surface area (Å²) in [5, 5.41) is 8.41. The van der Waals surface area contributed by atoms with Crippen LogP contribution in [0.4, 0.5) is 0 Å². The minimum atomic E-state index is -0.868. The van der Waals surface area contributed by atoms with Gasteiger partial charge in [0, 0.05) is 6.61 Å². The van der Waals surface area contributed by atoms with Gasteiger partial charge in [-0.3, -0.25) is 0 Å². The Bertz CT molecular complexity index is 172. The molecule has 88 valence electrons. The molecule has 0 bridgehead atoms. The van der Waals surface area contributed by atoms with Crippen molar-refractivity contribution < 1.29 is 14.6 Å². The highest BCUT2D eigenvalue weighted by atomic mass is 16.5. The maximum atomic E-state index is 10.2. The Hall–Kier alpha value is -0.570. The zero-order valence-electron chi connectivity index (χ0n) is 9.41. The van der Waals surface area contributed by atoms with Gasteiger partial charge < -0.3 is 9.84 Å². The first-order valence-electron chi connectivity index (χ1n) is 6.08. The molecule has 0 radical (unpaired) electrons. The number of carboxylic acid groups (broad SMARTS) is 1. The minimum Gasteiger partial charge on any atom is -0.480 e. The van der Waals surface area contributed by atoms with Crippen LogP contribution in [0.5, 0.6) is 0 Å². The third-order valence-corrected chi connectivity index (χ3v) is 3.12. The van der Waals surface area contributed by atoms with Crippen LogP contribution in [0.25, 0.3) is 0 Å². The maximum Gasteiger partial charge on any atom is 0.329 e. The lowest BCUT2D eigenvalue weighted by atomic mass is 9.89. The van der Waals surface area contributed by atoms with Crippen molar-refractivity contribution in [1.29, 1.82) is 0 Å². The van der Waals surface area contributed by atoms with Gasteiger partial charge in [-0.1, -0.05) is 44.9 Å². The van der Waals surface area contributed by atoms with Crippen molar-refractivity contribution in [2.24, 2.45) is 5.92 Å². The van der Waals surface area contributed by atoms with E-state index in [9.17, 15) is 4.79 Å². The highest BCUT2D eigenvalue weighted by molar-refractivity contribution is 5.67. The van der Waals surface area contributed by atoms with Crippen LogP contribution in [0.2, 0.25) is 0 Å². The standard InChI is InChI=1S/C12H22O3/c13-12(14)10-15-9-8-11-6-4-2-1-3-5-7-11/h11H,1-10H2,(H,13,14). The topological polar surface area (TPSA) is 46.5 Å². The van der Waals surface area contributed by atoms with Gasteiger partial charge in [0.15, 0.2) is 0 Å². The van der Waals surface area contributed by atoms with Crippen LogP contribution in [0.3, 0.4) is 0 Å². The van der Waals surface area contributed by atoms with E-state index in [0.717, 1.165) is 12.3 Å². The SMILES string of the molecule is O=C(O)COCCC1CCCCCCC1. The Morgan fingerprint density at radius 2 is 1.73 bits per heavy atom. The zero-order valence-corrected chi connectivity index (χ0v) is 9.41. The molecule has 15 heavy (non-hydrogen) atoms. The predicted octanol–water partition coefficient (Wildman–Crippen LogP) is 2.84. The molecule has 3 heteroatoms. The Morgan fingerprint density at radius 1 is 1.13 bits per heavy atom. The Kier molecular flexibility index (Phi) is 6.41. The summed E-state index contributed by atoms with van der Waals surface area (Å²) in [5.74, 6) is -0.105. The number of ether oxygens (including phenoxy) is 1. The molecule has 0 saturated heterocycles. The van der Waals surface area contributed by atoms with E-state index in [2.05, 4.69) is 0 Å². The van der Waals surface area contributed by atoms with Crippen LogP contribution >= 0.6 is 0 Å². The third-order valence-electron chi connectivity index (χ3n) is 3.12. The molecule has 1 aliphatic carbocycles. The molecule has 0 aliphatic heterocycles. The summed E-state index contributed by atoms with van der Waals surface area (Å²) < 4.78 is 5.07. The van der Waals surface area contributed by atoms with Crippen molar-refractivity contribution in [3.05, 3.63) is 0 Å². The largest absolute Gasteiger partial charge is 0.480 e. The first kappa shape index (κ1) is 12.5. The van der Waals surface area contributed by atoms with Crippen LogP contribution < -0.4 is 0 Å². The number of carboxylic acids is 1. The highest BCUT2D eigenvalue weighted by Gasteiger charge is 2.11. The summed E-state index contributed by atoms with van der Waals surface area (Å²) in [6.07, 6.45) is 10.4. The van der Waals surface area contributed by atoms with Crippen LogP contribution in [-0.2, 0) is 9.53 Å². The Balaban J connectivity index is 2.04. The molecule has 1 aliphatic rings. The van der Waals surface area contributed by atoms with Gasteiger partial charge in [0.2, 0.25) is 0 Å². The summed E-state index contributed by atoms with van der Waals surface area (Å²) >= 11 is 0. The van der Waals surface area contributed by atoms with Crippen LogP contribution in [-0.4, -0.2) is 24.3 Å². The normalized spacial score (nSPS) is 19.5. The van der Waals surface area contributed by atoms with Crippen molar-refractivity contribution in [3.63, 3.8) is 0 Å². The smallest absolute Gasteiger partial charge is 0.329 e. The van der Waals surface area contributed by atoms with Crippen LogP contribution in [0.1, 0.15) is 51.4 Å². The van der Waals surface area contributed by atoms with E-state index in [1.165, 1.54) is 44.9 Å². The number of rotatable bonds is 5. The van der Waals surface area contributed by atoms with E-state index >= 15 is 0 Å². The molecule has 0 unspecified atom stereocenters. The molecule has 0 atom stereocenters. The third kappa shape index (κ3) is 6.50. The lowest BCUT2D eigenvalue weighted by Gasteiger charge is -2.19. The monoisotopic (exact) mass is 214 g/mol. The second kappa shape index (κ2) is 7.69. The fraction of sp³-hybridized carbons (Fsp3) is 0.917. The van der Waals surface area contributed by atoms with E-state index in [4.69, 9.17) is 9.84 Å². The average molecular weight is 214 g/mol. The first-order valence-corrected chi connectivity index (χ1v) is 6.08. The molecule has 0 aromatic rings. The van der Waals surface area contributed by atoms with Crippen molar-refractivity contribution in [1.82, 2.24) is 0 Å². The molecule has 3 nitrogen and oxygen atoms in total.